The van der Waals surface area contributed by atoms with Crippen molar-refractivity contribution in [3.8, 4) is 0 Å². The Morgan fingerprint density at radius 2 is 2.21 bits per heavy atom. The predicted octanol–water partition coefficient (Wildman–Crippen LogP) is 3.36. The van der Waals surface area contributed by atoms with Crippen LogP contribution in [0.15, 0.2) is 35.4 Å². The molecule has 2 atom stereocenters. The molecule has 0 aromatic rings. The second-order valence-corrected chi connectivity index (χ2v) is 4.19. The largest absolute Gasteiger partial charge is 0.493 e. The Labute approximate surface area is 84.0 Å². The molecule has 2 unspecified atom stereocenters. The molecule has 2 heteroatoms. The van der Waals surface area contributed by atoms with E-state index >= 15 is 0 Å². The summed E-state index contributed by atoms with van der Waals surface area (Å²) in [5.74, 6) is 1.14. The second-order valence-electron chi connectivity index (χ2n) is 4.19. The zero-order valence-electron chi connectivity index (χ0n) is 8.59. The number of hydrogen-bond donors (Lipinski definition) is 0. The predicted molar refractivity (Wildman–Crippen MR) is 54.3 cm³/mol. The van der Waals surface area contributed by atoms with Gasteiger partial charge in [-0.05, 0) is 30.1 Å². The highest BCUT2D eigenvalue weighted by Crippen LogP contribution is 2.30. The van der Waals surface area contributed by atoms with Gasteiger partial charge < -0.3 is 4.74 Å². The van der Waals surface area contributed by atoms with Gasteiger partial charge >= 0.3 is 0 Å². The van der Waals surface area contributed by atoms with E-state index in [2.05, 4.69) is 6.92 Å². The van der Waals surface area contributed by atoms with Crippen LogP contribution in [0, 0.1) is 11.8 Å². The van der Waals surface area contributed by atoms with Gasteiger partial charge in [-0.2, -0.15) is 0 Å². The Morgan fingerprint density at radius 3 is 3.00 bits per heavy atom. The lowest BCUT2D eigenvalue weighted by Crippen LogP contribution is -2.13. The third kappa shape index (κ3) is 1.74. The maximum Gasteiger partial charge on any atom is 0.122 e. The summed E-state index contributed by atoms with van der Waals surface area (Å²) in [7, 11) is 0. The number of rotatable bonds is 0. The van der Waals surface area contributed by atoms with Gasteiger partial charge in [0.25, 0.3) is 0 Å². The van der Waals surface area contributed by atoms with Crippen LogP contribution in [-0.4, -0.2) is 6.61 Å². The van der Waals surface area contributed by atoms with Crippen molar-refractivity contribution in [1.82, 2.24) is 0 Å². The summed E-state index contributed by atoms with van der Waals surface area (Å²) in [6, 6.07) is 0. The van der Waals surface area contributed by atoms with E-state index in [0.717, 1.165) is 24.4 Å². The lowest BCUT2D eigenvalue weighted by Gasteiger charge is -2.22. The van der Waals surface area contributed by atoms with Crippen molar-refractivity contribution in [3.63, 3.8) is 0 Å². The molecule has 0 amide bonds. The molecule has 0 spiro atoms. The highest BCUT2D eigenvalue weighted by atomic mass is 19.1. The van der Waals surface area contributed by atoms with Gasteiger partial charge in [-0.25, -0.2) is 4.39 Å². The van der Waals surface area contributed by atoms with Gasteiger partial charge in [0.15, 0.2) is 0 Å². The first-order valence-corrected chi connectivity index (χ1v) is 5.08. The fraction of sp³-hybridized carbons (Fsp3) is 0.500. The maximum atomic E-state index is 13.5. The number of halogens is 1. The third-order valence-corrected chi connectivity index (χ3v) is 2.69. The summed E-state index contributed by atoms with van der Waals surface area (Å²) in [6.07, 6.45) is 6.30. The molecule has 1 heterocycles. The Hall–Kier alpha value is -1.05. The van der Waals surface area contributed by atoms with Crippen LogP contribution < -0.4 is 0 Å². The van der Waals surface area contributed by atoms with E-state index in [1.165, 1.54) is 0 Å². The van der Waals surface area contributed by atoms with E-state index < -0.39 is 0 Å². The van der Waals surface area contributed by atoms with Gasteiger partial charge in [0.1, 0.15) is 11.6 Å². The SMILES string of the molecule is CC1COC2=C(C=C(F)C(C)C=C2)C1. The van der Waals surface area contributed by atoms with Crippen molar-refractivity contribution in [2.45, 2.75) is 20.3 Å². The zero-order chi connectivity index (χ0) is 10.1. The summed E-state index contributed by atoms with van der Waals surface area (Å²) in [5, 5.41) is 0. The van der Waals surface area contributed by atoms with Gasteiger partial charge in [-0.3, -0.25) is 0 Å². The van der Waals surface area contributed by atoms with Gasteiger partial charge in [0.2, 0.25) is 0 Å². The minimum Gasteiger partial charge on any atom is -0.493 e. The van der Waals surface area contributed by atoms with Crippen LogP contribution in [0.2, 0.25) is 0 Å². The van der Waals surface area contributed by atoms with Gasteiger partial charge in [0, 0.05) is 5.92 Å². The van der Waals surface area contributed by atoms with Crippen molar-refractivity contribution in [3.05, 3.63) is 35.4 Å². The van der Waals surface area contributed by atoms with Crippen molar-refractivity contribution in [1.29, 1.82) is 0 Å². The van der Waals surface area contributed by atoms with Crippen LogP contribution in [0.25, 0.3) is 0 Å². The molecule has 0 bridgehead atoms. The van der Waals surface area contributed by atoms with E-state index in [4.69, 9.17) is 4.74 Å². The highest BCUT2D eigenvalue weighted by molar-refractivity contribution is 5.36. The summed E-state index contributed by atoms with van der Waals surface area (Å²) in [5.41, 5.74) is 1.00. The lowest BCUT2D eigenvalue weighted by molar-refractivity contribution is 0.160. The Bertz CT molecular complexity index is 325. The van der Waals surface area contributed by atoms with Gasteiger partial charge in [-0.1, -0.05) is 19.9 Å². The van der Waals surface area contributed by atoms with Crippen molar-refractivity contribution >= 4 is 0 Å². The van der Waals surface area contributed by atoms with Crippen LogP contribution in [0.3, 0.4) is 0 Å². The number of ether oxygens (including phenoxy) is 1. The van der Waals surface area contributed by atoms with Gasteiger partial charge in [0.05, 0.1) is 6.61 Å². The van der Waals surface area contributed by atoms with E-state index in [9.17, 15) is 4.39 Å². The normalized spacial score (nSPS) is 31.8. The third-order valence-electron chi connectivity index (χ3n) is 2.69. The molecule has 1 nitrogen and oxygen atoms in total. The maximum absolute atomic E-state index is 13.5. The van der Waals surface area contributed by atoms with E-state index in [0.29, 0.717) is 5.92 Å². The molecular formula is C12H15FO. The summed E-state index contributed by atoms with van der Waals surface area (Å²) in [4.78, 5) is 0. The topological polar surface area (TPSA) is 9.23 Å². The lowest BCUT2D eigenvalue weighted by atomic mass is 9.98. The monoisotopic (exact) mass is 194 g/mol. The molecule has 76 valence electrons. The second kappa shape index (κ2) is 3.60. The van der Waals surface area contributed by atoms with Crippen LogP contribution in [0.1, 0.15) is 20.3 Å². The molecular weight excluding hydrogens is 179 g/mol. The highest BCUT2D eigenvalue weighted by Gasteiger charge is 2.20. The zero-order valence-corrected chi connectivity index (χ0v) is 8.59. The Morgan fingerprint density at radius 1 is 1.43 bits per heavy atom. The van der Waals surface area contributed by atoms with Crippen molar-refractivity contribution < 1.29 is 9.13 Å². The summed E-state index contributed by atoms with van der Waals surface area (Å²) < 4.78 is 19.0. The molecule has 1 aliphatic heterocycles. The quantitative estimate of drug-likeness (QED) is 0.574. The number of allylic oxidation sites excluding steroid dienone is 5. The minimum atomic E-state index is -0.125. The first-order chi connectivity index (χ1) is 6.66. The molecule has 1 aliphatic carbocycles. The standard InChI is InChI=1S/C12H15FO/c1-8-5-10-6-11(13)9(2)3-4-12(10)14-7-8/h3-4,6,8-9H,5,7H2,1-2H3. The molecule has 0 aromatic heterocycles. The molecule has 0 saturated carbocycles. The first kappa shape index (κ1) is 9.50. The Kier molecular flexibility index (Phi) is 2.44. The van der Waals surface area contributed by atoms with E-state index in [-0.39, 0.29) is 11.7 Å². The smallest absolute Gasteiger partial charge is 0.122 e. The number of hydrogen-bond acceptors (Lipinski definition) is 1. The minimum absolute atomic E-state index is 0.0658. The fourth-order valence-corrected chi connectivity index (χ4v) is 1.77. The van der Waals surface area contributed by atoms with Crippen LogP contribution >= 0.6 is 0 Å². The van der Waals surface area contributed by atoms with Crippen LogP contribution in [-0.2, 0) is 4.74 Å². The molecule has 2 aliphatic rings. The molecule has 0 radical (unpaired) electrons. The van der Waals surface area contributed by atoms with Crippen LogP contribution in [0.5, 0.6) is 0 Å². The molecule has 0 aromatic carbocycles. The van der Waals surface area contributed by atoms with Crippen molar-refractivity contribution in [2.75, 3.05) is 6.61 Å². The van der Waals surface area contributed by atoms with Crippen molar-refractivity contribution in [2.24, 2.45) is 11.8 Å². The molecule has 14 heavy (non-hydrogen) atoms. The summed E-state index contributed by atoms with van der Waals surface area (Å²) in [6.45, 7) is 4.71. The Balaban J connectivity index is 2.33. The van der Waals surface area contributed by atoms with Crippen LogP contribution in [0.4, 0.5) is 4.39 Å². The van der Waals surface area contributed by atoms with E-state index in [1.807, 2.05) is 19.1 Å². The fourth-order valence-electron chi connectivity index (χ4n) is 1.77. The molecule has 2 rings (SSSR count). The summed E-state index contributed by atoms with van der Waals surface area (Å²) >= 11 is 0. The average Bonchev–Trinajstić information content (AvgIpc) is 2.27. The van der Waals surface area contributed by atoms with Gasteiger partial charge in [-0.15, -0.1) is 0 Å². The first-order valence-electron chi connectivity index (χ1n) is 5.08. The molecule has 0 fully saturated rings. The molecule has 0 saturated heterocycles. The molecule has 0 N–H and O–H groups in total. The van der Waals surface area contributed by atoms with E-state index in [1.54, 1.807) is 6.08 Å². The average molecular weight is 194 g/mol.